The highest BCUT2D eigenvalue weighted by Crippen LogP contribution is 2.35. The summed E-state index contributed by atoms with van der Waals surface area (Å²) in [7, 11) is 1.54. The summed E-state index contributed by atoms with van der Waals surface area (Å²) in [6.07, 6.45) is -2.22. The standard InChI is InChI=1S/C23H24F4N4OS/c1-14-22(33-15(2)30-14)31(20(21(32)28-3)17-7-9-18(24)10-8-17)12-4-5-16-6-11-19(29-13-16)23(25,26)27/h6-11,13,20H,4-5,12H2,1-3H3,(H,28,32). The third-order valence-corrected chi connectivity index (χ3v) is 6.22. The number of aryl methyl sites for hydroxylation is 3. The SMILES string of the molecule is CNC(=O)C(c1ccc(F)cc1)N(CCCc1ccc(C(F)(F)F)nc1)c1sc(C)nc1C. The molecule has 1 aromatic carbocycles. The largest absolute Gasteiger partial charge is 0.433 e. The Morgan fingerprint density at radius 3 is 2.36 bits per heavy atom. The number of hydrogen-bond acceptors (Lipinski definition) is 5. The van der Waals surface area contributed by atoms with Crippen LogP contribution in [0.15, 0.2) is 42.6 Å². The summed E-state index contributed by atoms with van der Waals surface area (Å²) in [5.41, 5.74) is 1.13. The van der Waals surface area contributed by atoms with Crippen LogP contribution in [-0.2, 0) is 17.4 Å². The molecular formula is C23H24F4N4OS. The summed E-state index contributed by atoms with van der Waals surface area (Å²) in [6.45, 7) is 4.16. The Hall–Kier alpha value is -3.01. The van der Waals surface area contributed by atoms with E-state index >= 15 is 0 Å². The van der Waals surface area contributed by atoms with E-state index in [2.05, 4.69) is 15.3 Å². The van der Waals surface area contributed by atoms with Gasteiger partial charge in [-0.05, 0) is 56.0 Å². The zero-order chi connectivity index (χ0) is 24.2. The molecule has 0 aliphatic heterocycles. The molecule has 3 rings (SSSR count). The Morgan fingerprint density at radius 2 is 1.85 bits per heavy atom. The maximum atomic E-state index is 13.5. The second-order valence-electron chi connectivity index (χ2n) is 7.54. The number of benzene rings is 1. The summed E-state index contributed by atoms with van der Waals surface area (Å²) in [5.74, 6) is -0.663. The van der Waals surface area contributed by atoms with Gasteiger partial charge in [0.2, 0.25) is 5.91 Å². The first-order valence-corrected chi connectivity index (χ1v) is 11.1. The first kappa shape index (κ1) is 24.6. The molecule has 5 nitrogen and oxygen atoms in total. The van der Waals surface area contributed by atoms with E-state index in [1.807, 2.05) is 18.7 Å². The van der Waals surface area contributed by atoms with E-state index in [9.17, 15) is 22.4 Å². The summed E-state index contributed by atoms with van der Waals surface area (Å²) >= 11 is 1.45. The number of anilines is 1. The van der Waals surface area contributed by atoms with Crippen molar-refractivity contribution in [2.75, 3.05) is 18.5 Å². The molecular weight excluding hydrogens is 456 g/mol. The molecule has 2 heterocycles. The minimum absolute atomic E-state index is 0.261. The third kappa shape index (κ3) is 6.07. The Labute approximate surface area is 193 Å². The zero-order valence-corrected chi connectivity index (χ0v) is 19.2. The van der Waals surface area contributed by atoms with Gasteiger partial charge in [0.1, 0.15) is 22.6 Å². The van der Waals surface area contributed by atoms with Gasteiger partial charge in [0.25, 0.3) is 0 Å². The number of carbonyl (C=O) groups is 1. The van der Waals surface area contributed by atoms with Gasteiger partial charge >= 0.3 is 6.18 Å². The molecule has 0 aliphatic carbocycles. The molecule has 0 spiro atoms. The number of alkyl halides is 3. The van der Waals surface area contributed by atoms with E-state index in [0.717, 1.165) is 21.8 Å². The van der Waals surface area contributed by atoms with Gasteiger partial charge < -0.3 is 10.2 Å². The lowest BCUT2D eigenvalue weighted by molar-refractivity contribution is -0.141. The number of pyridine rings is 1. The highest BCUT2D eigenvalue weighted by molar-refractivity contribution is 7.15. The topological polar surface area (TPSA) is 58.1 Å². The molecule has 10 heteroatoms. The highest BCUT2D eigenvalue weighted by atomic mass is 32.1. The van der Waals surface area contributed by atoms with Gasteiger partial charge in [0.15, 0.2) is 0 Å². The van der Waals surface area contributed by atoms with Crippen LogP contribution < -0.4 is 10.2 Å². The van der Waals surface area contributed by atoms with E-state index in [1.54, 1.807) is 12.1 Å². The second kappa shape index (κ2) is 10.3. The molecule has 0 saturated carbocycles. The number of aromatic nitrogens is 2. The van der Waals surface area contributed by atoms with Crippen LogP contribution in [0.5, 0.6) is 0 Å². The van der Waals surface area contributed by atoms with Crippen molar-refractivity contribution in [3.05, 3.63) is 75.9 Å². The van der Waals surface area contributed by atoms with Crippen molar-refractivity contribution >= 4 is 22.2 Å². The molecule has 33 heavy (non-hydrogen) atoms. The van der Waals surface area contributed by atoms with Crippen LogP contribution in [0.2, 0.25) is 0 Å². The van der Waals surface area contributed by atoms with Gasteiger partial charge in [0, 0.05) is 19.8 Å². The lowest BCUT2D eigenvalue weighted by atomic mass is 10.0. The summed E-state index contributed by atoms with van der Waals surface area (Å²) < 4.78 is 51.8. The Balaban J connectivity index is 1.87. The number of thiazole rings is 1. The molecule has 2 aromatic heterocycles. The lowest BCUT2D eigenvalue weighted by Crippen LogP contribution is -2.40. The lowest BCUT2D eigenvalue weighted by Gasteiger charge is -2.32. The average Bonchev–Trinajstić information content (AvgIpc) is 3.11. The average molecular weight is 481 g/mol. The fourth-order valence-electron chi connectivity index (χ4n) is 3.58. The predicted octanol–water partition coefficient (Wildman–Crippen LogP) is 5.24. The molecule has 1 atom stereocenters. The normalized spacial score (nSPS) is 12.5. The molecule has 0 aliphatic rings. The third-order valence-electron chi connectivity index (χ3n) is 5.11. The van der Waals surface area contributed by atoms with E-state index < -0.39 is 23.7 Å². The monoisotopic (exact) mass is 480 g/mol. The fourth-order valence-corrected chi connectivity index (χ4v) is 4.55. The van der Waals surface area contributed by atoms with Crippen LogP contribution in [0, 0.1) is 19.7 Å². The van der Waals surface area contributed by atoms with Gasteiger partial charge in [-0.2, -0.15) is 13.2 Å². The summed E-state index contributed by atoms with van der Waals surface area (Å²) in [4.78, 5) is 22.8. The number of likely N-dealkylation sites (N-methyl/N-ethyl adjacent to an activating group) is 1. The molecule has 0 fully saturated rings. The number of nitrogens with zero attached hydrogens (tertiary/aromatic N) is 3. The van der Waals surface area contributed by atoms with Crippen LogP contribution in [0.1, 0.15) is 40.0 Å². The first-order chi connectivity index (χ1) is 15.6. The fraction of sp³-hybridized carbons (Fsp3) is 0.348. The van der Waals surface area contributed by atoms with Gasteiger partial charge in [-0.25, -0.2) is 9.37 Å². The van der Waals surface area contributed by atoms with Crippen molar-refractivity contribution in [2.45, 2.75) is 38.9 Å². The van der Waals surface area contributed by atoms with Crippen molar-refractivity contribution in [2.24, 2.45) is 0 Å². The molecule has 0 saturated heterocycles. The van der Waals surface area contributed by atoms with E-state index in [4.69, 9.17) is 0 Å². The van der Waals surface area contributed by atoms with Crippen molar-refractivity contribution in [1.29, 1.82) is 0 Å². The maximum Gasteiger partial charge on any atom is 0.433 e. The molecule has 0 radical (unpaired) electrons. The first-order valence-electron chi connectivity index (χ1n) is 10.3. The van der Waals surface area contributed by atoms with Crippen LogP contribution in [0.4, 0.5) is 22.6 Å². The highest BCUT2D eigenvalue weighted by Gasteiger charge is 2.32. The van der Waals surface area contributed by atoms with E-state index in [0.29, 0.717) is 30.5 Å². The number of carbonyl (C=O) groups excluding carboxylic acids is 1. The van der Waals surface area contributed by atoms with Crippen LogP contribution >= 0.6 is 11.3 Å². The number of nitrogens with one attached hydrogen (secondary N) is 1. The molecule has 0 bridgehead atoms. The zero-order valence-electron chi connectivity index (χ0n) is 18.4. The number of halogens is 4. The van der Waals surface area contributed by atoms with Crippen LogP contribution in [-0.4, -0.2) is 29.5 Å². The Morgan fingerprint density at radius 1 is 1.15 bits per heavy atom. The predicted molar refractivity (Wildman–Crippen MR) is 120 cm³/mol. The van der Waals surface area contributed by atoms with Gasteiger partial charge in [-0.15, -0.1) is 11.3 Å². The van der Waals surface area contributed by atoms with Crippen molar-refractivity contribution < 1.29 is 22.4 Å². The number of hydrogen-bond donors (Lipinski definition) is 1. The molecule has 176 valence electrons. The maximum absolute atomic E-state index is 13.5. The number of amides is 1. The van der Waals surface area contributed by atoms with E-state index in [-0.39, 0.29) is 5.91 Å². The minimum Gasteiger partial charge on any atom is -0.357 e. The van der Waals surface area contributed by atoms with Gasteiger partial charge in [-0.1, -0.05) is 18.2 Å². The molecule has 1 unspecified atom stereocenters. The quantitative estimate of drug-likeness (QED) is 0.448. The van der Waals surface area contributed by atoms with Gasteiger partial charge in [0.05, 0.1) is 10.7 Å². The summed E-state index contributed by atoms with van der Waals surface area (Å²) in [6, 6.07) is 7.43. The van der Waals surface area contributed by atoms with Gasteiger partial charge in [-0.3, -0.25) is 9.78 Å². The van der Waals surface area contributed by atoms with Crippen molar-refractivity contribution in [3.8, 4) is 0 Å². The molecule has 1 amide bonds. The van der Waals surface area contributed by atoms with Crippen LogP contribution in [0.25, 0.3) is 0 Å². The number of rotatable bonds is 8. The molecule has 1 N–H and O–H groups in total. The van der Waals surface area contributed by atoms with E-state index in [1.165, 1.54) is 42.8 Å². The smallest absolute Gasteiger partial charge is 0.357 e. The summed E-state index contributed by atoms with van der Waals surface area (Å²) in [5, 5.41) is 4.33. The van der Waals surface area contributed by atoms with Crippen LogP contribution in [0.3, 0.4) is 0 Å². The minimum atomic E-state index is -4.48. The van der Waals surface area contributed by atoms with Crippen molar-refractivity contribution in [3.63, 3.8) is 0 Å². The second-order valence-corrected chi connectivity index (χ2v) is 8.72. The van der Waals surface area contributed by atoms with Crippen molar-refractivity contribution in [1.82, 2.24) is 15.3 Å². The molecule has 3 aromatic rings. The Bertz CT molecular complexity index is 1080. The Kier molecular flexibility index (Phi) is 7.68.